The van der Waals surface area contributed by atoms with Crippen molar-refractivity contribution in [3.05, 3.63) is 218 Å². The Morgan fingerprint density at radius 2 is 0.932 bits per heavy atom. The van der Waals surface area contributed by atoms with Crippen LogP contribution in [0.1, 0.15) is 25.1 Å². The van der Waals surface area contributed by atoms with E-state index in [9.17, 15) is 0 Å². The van der Waals surface area contributed by atoms with Crippen LogP contribution in [0.15, 0.2) is 206 Å². The molecule has 0 radical (unpaired) electrons. The van der Waals surface area contributed by atoms with Crippen molar-refractivity contribution >= 4 is 72.9 Å². The van der Waals surface area contributed by atoms with Crippen LogP contribution in [0.2, 0.25) is 0 Å². The normalized spacial score (nSPS) is 11.6. The molecule has 0 saturated heterocycles. The van der Waals surface area contributed by atoms with Crippen LogP contribution in [0.3, 0.4) is 0 Å². The second-order valence-corrected chi connectivity index (χ2v) is 14.9. The molecule has 4 heteroatoms. The van der Waals surface area contributed by atoms with Gasteiger partial charge in [0.1, 0.15) is 0 Å². The van der Waals surface area contributed by atoms with E-state index in [1.807, 2.05) is 0 Å². The lowest BCUT2D eigenvalue weighted by Crippen LogP contribution is -2.10. The number of H-pyrrole nitrogens is 1. The van der Waals surface area contributed by atoms with E-state index in [1.165, 1.54) is 38.4 Å². The van der Waals surface area contributed by atoms with Gasteiger partial charge in [-0.25, -0.2) is 0 Å². The van der Waals surface area contributed by atoms with Gasteiger partial charge in [-0.15, -0.1) is 0 Å². The van der Waals surface area contributed by atoms with Gasteiger partial charge in [0.05, 0.1) is 11.0 Å². The molecule has 0 aliphatic rings. The first-order valence-electron chi connectivity index (χ1n) is 20.5. The SMILES string of the molecule is C/C=C\c1c(CC)[nH]c2cc(N(c3ccccc3)c3ccc(-c4ccc(N(c5ccccc5)c5ccc6c7ccccc7n(-c7ccccc7)c6c5)cc4)cc3)ccc12. The van der Waals surface area contributed by atoms with Gasteiger partial charge in [0.25, 0.3) is 0 Å². The lowest BCUT2D eigenvalue weighted by molar-refractivity contribution is 1.07. The Hall–Kier alpha value is -7.56. The van der Waals surface area contributed by atoms with Crippen LogP contribution >= 0.6 is 0 Å². The fourth-order valence-corrected chi connectivity index (χ4v) is 8.65. The molecule has 1 N–H and O–H groups in total. The zero-order chi connectivity index (χ0) is 39.7. The number of fused-ring (bicyclic) bond motifs is 4. The molecule has 4 nitrogen and oxygen atoms in total. The maximum atomic E-state index is 3.70. The summed E-state index contributed by atoms with van der Waals surface area (Å²) in [6, 6.07) is 72.1. The van der Waals surface area contributed by atoms with E-state index in [4.69, 9.17) is 0 Å². The number of anilines is 6. The molecule has 0 aliphatic heterocycles. The van der Waals surface area contributed by atoms with Crippen molar-refractivity contribution in [1.82, 2.24) is 9.55 Å². The third-order valence-corrected chi connectivity index (χ3v) is 11.4. The zero-order valence-electron chi connectivity index (χ0n) is 33.3. The van der Waals surface area contributed by atoms with Gasteiger partial charge in [-0.05, 0) is 115 Å². The number of allylic oxidation sites excluding steroid dienone is 1. The van der Waals surface area contributed by atoms with Crippen LogP contribution < -0.4 is 9.80 Å². The molecular formula is C55H44N4. The molecule has 2 aromatic heterocycles. The fourth-order valence-electron chi connectivity index (χ4n) is 8.65. The molecule has 0 unspecified atom stereocenters. The number of rotatable bonds is 10. The summed E-state index contributed by atoms with van der Waals surface area (Å²) in [5, 5.41) is 3.73. The highest BCUT2D eigenvalue weighted by atomic mass is 15.1. The van der Waals surface area contributed by atoms with Crippen LogP contribution in [0.5, 0.6) is 0 Å². The van der Waals surface area contributed by atoms with Crippen molar-refractivity contribution in [2.24, 2.45) is 0 Å². The minimum atomic E-state index is 0.954. The molecule has 0 spiro atoms. The molecular weight excluding hydrogens is 717 g/mol. The number of nitrogens with zero attached hydrogens (tertiary/aromatic N) is 3. The van der Waals surface area contributed by atoms with E-state index < -0.39 is 0 Å². The number of hydrogen-bond donors (Lipinski definition) is 1. The Morgan fingerprint density at radius 1 is 0.458 bits per heavy atom. The van der Waals surface area contributed by atoms with Crippen molar-refractivity contribution in [2.45, 2.75) is 20.3 Å². The first-order valence-corrected chi connectivity index (χ1v) is 20.5. The Labute approximate surface area is 345 Å². The predicted octanol–water partition coefficient (Wildman–Crippen LogP) is 15.5. The Bertz CT molecular complexity index is 3070. The third-order valence-electron chi connectivity index (χ3n) is 11.4. The van der Waals surface area contributed by atoms with Crippen LogP contribution in [-0.4, -0.2) is 9.55 Å². The van der Waals surface area contributed by atoms with Crippen LogP contribution in [0.25, 0.3) is 55.6 Å². The fraction of sp³-hybridized carbons (Fsp3) is 0.0545. The largest absolute Gasteiger partial charge is 0.358 e. The summed E-state index contributed by atoms with van der Waals surface area (Å²) >= 11 is 0. The monoisotopic (exact) mass is 760 g/mol. The minimum Gasteiger partial charge on any atom is -0.358 e. The molecule has 0 atom stereocenters. The highest BCUT2D eigenvalue weighted by Crippen LogP contribution is 2.41. The summed E-state index contributed by atoms with van der Waals surface area (Å²) in [5.41, 5.74) is 16.2. The van der Waals surface area contributed by atoms with Gasteiger partial charge >= 0.3 is 0 Å². The van der Waals surface area contributed by atoms with E-state index in [2.05, 4.69) is 246 Å². The first-order chi connectivity index (χ1) is 29.2. The number of aromatic amines is 1. The van der Waals surface area contributed by atoms with E-state index in [0.717, 1.165) is 62.9 Å². The Kier molecular flexibility index (Phi) is 9.36. The van der Waals surface area contributed by atoms with Crippen molar-refractivity contribution in [3.8, 4) is 16.8 Å². The van der Waals surface area contributed by atoms with Gasteiger partial charge in [-0.3, -0.25) is 0 Å². The highest BCUT2D eigenvalue weighted by molar-refractivity contribution is 6.10. The smallest absolute Gasteiger partial charge is 0.0561 e. The molecule has 10 rings (SSSR count). The lowest BCUT2D eigenvalue weighted by Gasteiger charge is -2.26. The zero-order valence-corrected chi connectivity index (χ0v) is 33.3. The van der Waals surface area contributed by atoms with Crippen molar-refractivity contribution in [2.75, 3.05) is 9.80 Å². The summed E-state index contributed by atoms with van der Waals surface area (Å²) in [5.74, 6) is 0. The number of benzene rings is 8. The van der Waals surface area contributed by atoms with E-state index in [1.54, 1.807) is 0 Å². The van der Waals surface area contributed by atoms with Gasteiger partial charge in [-0.2, -0.15) is 0 Å². The molecule has 0 bridgehead atoms. The Balaban J connectivity index is 1.01. The predicted molar refractivity (Wildman–Crippen MR) is 252 cm³/mol. The average molecular weight is 761 g/mol. The molecule has 8 aromatic carbocycles. The maximum absolute atomic E-state index is 3.70. The number of nitrogens with one attached hydrogen (secondary N) is 1. The van der Waals surface area contributed by atoms with Crippen LogP contribution in [0.4, 0.5) is 34.1 Å². The summed E-state index contributed by atoms with van der Waals surface area (Å²) in [6.45, 7) is 4.28. The minimum absolute atomic E-state index is 0.954. The quantitative estimate of drug-likeness (QED) is 0.150. The second-order valence-electron chi connectivity index (χ2n) is 14.9. The molecule has 10 aromatic rings. The molecule has 0 fully saturated rings. The first kappa shape index (κ1) is 35.8. The molecule has 0 amide bonds. The molecule has 59 heavy (non-hydrogen) atoms. The molecule has 2 heterocycles. The van der Waals surface area contributed by atoms with Crippen LogP contribution in [-0.2, 0) is 6.42 Å². The second kappa shape index (κ2) is 15.4. The van der Waals surface area contributed by atoms with Gasteiger partial charge in [0.15, 0.2) is 0 Å². The lowest BCUT2D eigenvalue weighted by atomic mass is 10.0. The van der Waals surface area contributed by atoms with Crippen molar-refractivity contribution < 1.29 is 0 Å². The third kappa shape index (κ3) is 6.55. The topological polar surface area (TPSA) is 27.2 Å². The number of aromatic nitrogens is 2. The highest BCUT2D eigenvalue weighted by Gasteiger charge is 2.19. The number of hydrogen-bond acceptors (Lipinski definition) is 2. The average Bonchev–Trinajstić information content (AvgIpc) is 3.82. The number of aryl methyl sites for hydroxylation is 1. The summed E-state index contributed by atoms with van der Waals surface area (Å²) < 4.78 is 2.38. The van der Waals surface area contributed by atoms with Gasteiger partial charge in [0, 0.05) is 72.7 Å². The van der Waals surface area contributed by atoms with Crippen LogP contribution in [0, 0.1) is 0 Å². The Morgan fingerprint density at radius 3 is 1.51 bits per heavy atom. The summed E-state index contributed by atoms with van der Waals surface area (Å²) in [7, 11) is 0. The van der Waals surface area contributed by atoms with E-state index in [-0.39, 0.29) is 0 Å². The molecule has 0 aliphatic carbocycles. The van der Waals surface area contributed by atoms with Crippen molar-refractivity contribution in [1.29, 1.82) is 0 Å². The van der Waals surface area contributed by atoms with E-state index >= 15 is 0 Å². The summed E-state index contributed by atoms with van der Waals surface area (Å²) in [6.07, 6.45) is 5.28. The summed E-state index contributed by atoms with van der Waals surface area (Å²) in [4.78, 5) is 8.38. The van der Waals surface area contributed by atoms with Crippen molar-refractivity contribution in [3.63, 3.8) is 0 Å². The maximum Gasteiger partial charge on any atom is 0.0561 e. The molecule has 0 saturated carbocycles. The van der Waals surface area contributed by atoms with Gasteiger partial charge in [0.2, 0.25) is 0 Å². The number of para-hydroxylation sites is 4. The standard InChI is InChI=1S/C55H44N4/c1-3-16-48-49-35-33-46(37-53(49)56-52(48)4-2)57(41-17-8-5-9-18-41)44-29-25-39(26-30-44)40-27-31-45(32-28-40)58(42-19-10-6-11-20-42)47-34-36-51-50-23-14-15-24-54(50)59(55(51)38-47)43-21-12-7-13-22-43/h3,5-38,56H,4H2,1-2H3/b16-3-. The molecule has 284 valence electrons. The van der Waals surface area contributed by atoms with E-state index in [0.29, 0.717) is 0 Å². The van der Waals surface area contributed by atoms with Gasteiger partial charge in [-0.1, -0.05) is 128 Å². The van der Waals surface area contributed by atoms with Gasteiger partial charge < -0.3 is 19.4 Å².